The third kappa shape index (κ3) is 2.25. The van der Waals surface area contributed by atoms with E-state index in [1.54, 1.807) is 0 Å². The summed E-state index contributed by atoms with van der Waals surface area (Å²) in [6.07, 6.45) is 15.0. The van der Waals surface area contributed by atoms with Crippen molar-refractivity contribution in [2.75, 3.05) is 5.73 Å². The molecule has 0 aliphatic heterocycles. The standard InChI is InChI=1S/C17H27N3/c18-17-19-15(11-8-12-4-1-2-5-12)16(13-9-10-13)20(17)14-6-3-7-14/h12-14H,1-11H2,(H2,18,19). The minimum Gasteiger partial charge on any atom is -0.369 e. The van der Waals surface area contributed by atoms with Crippen LogP contribution in [0.5, 0.6) is 0 Å². The van der Waals surface area contributed by atoms with E-state index in [4.69, 9.17) is 10.7 Å². The zero-order valence-electron chi connectivity index (χ0n) is 12.5. The van der Waals surface area contributed by atoms with E-state index in [1.165, 1.54) is 82.0 Å². The molecule has 0 spiro atoms. The molecule has 3 heteroatoms. The highest BCUT2D eigenvalue weighted by Gasteiger charge is 2.35. The first-order valence-electron chi connectivity index (χ1n) is 8.69. The van der Waals surface area contributed by atoms with E-state index in [0.717, 1.165) is 17.8 Å². The molecule has 1 aromatic rings. The van der Waals surface area contributed by atoms with Crippen molar-refractivity contribution in [3.05, 3.63) is 11.4 Å². The Hall–Kier alpha value is -0.990. The van der Waals surface area contributed by atoms with Crippen LogP contribution in [0.25, 0.3) is 0 Å². The molecule has 0 atom stereocenters. The molecule has 3 aliphatic carbocycles. The molecule has 20 heavy (non-hydrogen) atoms. The van der Waals surface area contributed by atoms with Gasteiger partial charge in [-0.3, -0.25) is 0 Å². The van der Waals surface area contributed by atoms with Crippen molar-refractivity contribution in [1.29, 1.82) is 0 Å². The number of hydrogen-bond acceptors (Lipinski definition) is 2. The predicted octanol–water partition coefficient (Wildman–Crippen LogP) is 4.19. The lowest BCUT2D eigenvalue weighted by molar-refractivity contribution is 0.310. The summed E-state index contributed by atoms with van der Waals surface area (Å²) in [4.78, 5) is 4.78. The van der Waals surface area contributed by atoms with Crippen LogP contribution in [-0.4, -0.2) is 9.55 Å². The SMILES string of the molecule is Nc1nc(CCC2CCCC2)c(C2CC2)n1C1CCC1. The van der Waals surface area contributed by atoms with E-state index >= 15 is 0 Å². The van der Waals surface area contributed by atoms with Gasteiger partial charge in [0.2, 0.25) is 5.95 Å². The summed E-state index contributed by atoms with van der Waals surface area (Å²) in [5.41, 5.74) is 9.14. The molecule has 110 valence electrons. The van der Waals surface area contributed by atoms with Gasteiger partial charge in [-0.15, -0.1) is 0 Å². The first-order chi connectivity index (χ1) is 9.83. The normalized spacial score (nSPS) is 24.2. The molecule has 2 N–H and O–H groups in total. The summed E-state index contributed by atoms with van der Waals surface area (Å²) >= 11 is 0. The van der Waals surface area contributed by atoms with Gasteiger partial charge in [-0.2, -0.15) is 0 Å². The zero-order chi connectivity index (χ0) is 13.5. The van der Waals surface area contributed by atoms with E-state index in [1.807, 2.05) is 0 Å². The number of nitrogens with two attached hydrogens (primary N) is 1. The Morgan fingerprint density at radius 1 is 1.00 bits per heavy atom. The van der Waals surface area contributed by atoms with E-state index in [9.17, 15) is 0 Å². The van der Waals surface area contributed by atoms with Gasteiger partial charge < -0.3 is 10.3 Å². The maximum Gasteiger partial charge on any atom is 0.200 e. The fraction of sp³-hybridized carbons (Fsp3) is 0.824. The van der Waals surface area contributed by atoms with Crippen molar-refractivity contribution in [2.45, 2.75) is 82.6 Å². The summed E-state index contributed by atoms with van der Waals surface area (Å²) in [7, 11) is 0. The minimum atomic E-state index is 0.665. The van der Waals surface area contributed by atoms with Crippen molar-refractivity contribution in [3.8, 4) is 0 Å². The molecule has 1 aromatic heterocycles. The van der Waals surface area contributed by atoms with Crippen LogP contribution in [-0.2, 0) is 6.42 Å². The van der Waals surface area contributed by atoms with E-state index in [-0.39, 0.29) is 0 Å². The minimum absolute atomic E-state index is 0.665. The quantitative estimate of drug-likeness (QED) is 0.874. The average molecular weight is 273 g/mol. The summed E-state index contributed by atoms with van der Waals surface area (Å²) in [5, 5.41) is 0. The maximum absolute atomic E-state index is 6.25. The first-order valence-corrected chi connectivity index (χ1v) is 8.69. The Morgan fingerprint density at radius 3 is 2.35 bits per heavy atom. The van der Waals surface area contributed by atoms with Crippen molar-refractivity contribution in [1.82, 2.24) is 9.55 Å². The van der Waals surface area contributed by atoms with Crippen molar-refractivity contribution in [2.24, 2.45) is 5.92 Å². The van der Waals surface area contributed by atoms with Crippen LogP contribution in [0.1, 0.15) is 87.6 Å². The number of anilines is 1. The van der Waals surface area contributed by atoms with Gasteiger partial charge in [0.15, 0.2) is 0 Å². The Labute approximate surface area is 122 Å². The molecule has 4 rings (SSSR count). The molecule has 0 aromatic carbocycles. The highest BCUT2D eigenvalue weighted by atomic mass is 15.2. The monoisotopic (exact) mass is 273 g/mol. The third-order valence-corrected chi connectivity index (χ3v) is 5.72. The van der Waals surface area contributed by atoms with Gasteiger partial charge in [0.05, 0.1) is 5.69 Å². The summed E-state index contributed by atoms with van der Waals surface area (Å²) in [5.74, 6) is 2.54. The molecule has 3 fully saturated rings. The Morgan fingerprint density at radius 2 is 1.75 bits per heavy atom. The second-order valence-corrected chi connectivity index (χ2v) is 7.22. The smallest absolute Gasteiger partial charge is 0.200 e. The summed E-state index contributed by atoms with van der Waals surface area (Å²) < 4.78 is 2.42. The molecule has 3 saturated carbocycles. The van der Waals surface area contributed by atoms with E-state index < -0.39 is 0 Å². The molecule has 3 nitrogen and oxygen atoms in total. The number of aromatic nitrogens is 2. The van der Waals surface area contributed by atoms with Crippen LogP contribution >= 0.6 is 0 Å². The van der Waals surface area contributed by atoms with Gasteiger partial charge in [0.25, 0.3) is 0 Å². The third-order valence-electron chi connectivity index (χ3n) is 5.72. The Bertz CT molecular complexity index is 477. The van der Waals surface area contributed by atoms with Gasteiger partial charge in [-0.25, -0.2) is 4.98 Å². The zero-order valence-corrected chi connectivity index (χ0v) is 12.5. The number of aryl methyl sites for hydroxylation is 1. The molecule has 0 unspecified atom stereocenters. The molecule has 1 heterocycles. The lowest BCUT2D eigenvalue weighted by Crippen LogP contribution is -2.20. The lowest BCUT2D eigenvalue weighted by Gasteiger charge is -2.29. The van der Waals surface area contributed by atoms with Crippen LogP contribution < -0.4 is 5.73 Å². The summed E-state index contributed by atoms with van der Waals surface area (Å²) in [6, 6.07) is 0.665. The molecular weight excluding hydrogens is 246 g/mol. The largest absolute Gasteiger partial charge is 0.369 e. The van der Waals surface area contributed by atoms with E-state index in [0.29, 0.717) is 6.04 Å². The highest BCUT2D eigenvalue weighted by molar-refractivity contribution is 5.35. The van der Waals surface area contributed by atoms with Gasteiger partial charge >= 0.3 is 0 Å². The van der Waals surface area contributed by atoms with Crippen LogP contribution in [0.3, 0.4) is 0 Å². The molecule has 3 aliphatic rings. The van der Waals surface area contributed by atoms with Crippen LogP contribution in [0, 0.1) is 5.92 Å². The fourth-order valence-electron chi connectivity index (χ4n) is 4.15. The fourth-order valence-corrected chi connectivity index (χ4v) is 4.15. The predicted molar refractivity (Wildman–Crippen MR) is 81.8 cm³/mol. The number of imidazole rings is 1. The van der Waals surface area contributed by atoms with Crippen LogP contribution in [0.15, 0.2) is 0 Å². The van der Waals surface area contributed by atoms with Crippen LogP contribution in [0.2, 0.25) is 0 Å². The summed E-state index contributed by atoms with van der Waals surface area (Å²) in [6.45, 7) is 0. The van der Waals surface area contributed by atoms with Crippen molar-refractivity contribution < 1.29 is 0 Å². The molecular formula is C17H27N3. The Kier molecular flexibility index (Phi) is 3.24. The highest BCUT2D eigenvalue weighted by Crippen LogP contribution is 2.46. The van der Waals surface area contributed by atoms with Gasteiger partial charge in [0, 0.05) is 17.7 Å². The van der Waals surface area contributed by atoms with Crippen molar-refractivity contribution in [3.63, 3.8) is 0 Å². The van der Waals surface area contributed by atoms with Crippen molar-refractivity contribution >= 4 is 5.95 Å². The lowest BCUT2D eigenvalue weighted by atomic mass is 9.92. The number of nitrogens with zero attached hydrogens (tertiary/aromatic N) is 2. The second kappa shape index (κ2) is 5.09. The number of rotatable bonds is 5. The number of hydrogen-bond donors (Lipinski definition) is 1. The van der Waals surface area contributed by atoms with E-state index in [2.05, 4.69) is 4.57 Å². The van der Waals surface area contributed by atoms with Gasteiger partial charge in [0.1, 0.15) is 0 Å². The van der Waals surface area contributed by atoms with Gasteiger partial charge in [-0.05, 0) is 50.9 Å². The molecule has 0 radical (unpaired) electrons. The maximum atomic E-state index is 6.25. The topological polar surface area (TPSA) is 43.8 Å². The average Bonchev–Trinajstić information content (AvgIpc) is 2.97. The van der Waals surface area contributed by atoms with Crippen LogP contribution in [0.4, 0.5) is 5.95 Å². The first kappa shape index (κ1) is 12.7. The molecule has 0 saturated heterocycles. The second-order valence-electron chi connectivity index (χ2n) is 7.22. The van der Waals surface area contributed by atoms with Gasteiger partial charge in [-0.1, -0.05) is 25.7 Å². The molecule has 0 amide bonds. The molecule has 0 bridgehead atoms. The Balaban J connectivity index is 1.54. The number of nitrogen functional groups attached to an aromatic ring is 1.